The summed E-state index contributed by atoms with van der Waals surface area (Å²) in [5.74, 6) is 0. The van der Waals surface area contributed by atoms with E-state index in [9.17, 15) is 0 Å². The SMILES string of the molecule is Cc1ccc(N(c2ccccc2)c2cc(C)cc(C)c2)cc1. The molecule has 1 heteroatoms. The fraction of sp³-hybridized carbons (Fsp3) is 0.143. The number of rotatable bonds is 3. The molecule has 3 rings (SSSR count). The number of aryl methyl sites for hydroxylation is 3. The highest BCUT2D eigenvalue weighted by Crippen LogP contribution is 2.35. The summed E-state index contributed by atoms with van der Waals surface area (Å²) in [4.78, 5) is 2.30. The van der Waals surface area contributed by atoms with E-state index >= 15 is 0 Å². The zero-order valence-corrected chi connectivity index (χ0v) is 13.4. The van der Waals surface area contributed by atoms with Crippen molar-refractivity contribution in [1.29, 1.82) is 0 Å². The number of hydrogen-bond acceptors (Lipinski definition) is 1. The summed E-state index contributed by atoms with van der Waals surface area (Å²) in [5.41, 5.74) is 7.40. The molecule has 0 saturated heterocycles. The Labute approximate surface area is 132 Å². The molecule has 0 aliphatic rings. The van der Waals surface area contributed by atoms with E-state index in [-0.39, 0.29) is 0 Å². The van der Waals surface area contributed by atoms with Gasteiger partial charge in [0.1, 0.15) is 0 Å². The Morgan fingerprint density at radius 2 is 1.05 bits per heavy atom. The molecule has 0 aromatic heterocycles. The van der Waals surface area contributed by atoms with Crippen molar-refractivity contribution in [2.45, 2.75) is 20.8 Å². The summed E-state index contributed by atoms with van der Waals surface area (Å²) in [6.07, 6.45) is 0. The molecule has 0 bridgehead atoms. The first-order chi connectivity index (χ1) is 10.6. The van der Waals surface area contributed by atoms with Crippen LogP contribution in [-0.4, -0.2) is 0 Å². The monoisotopic (exact) mass is 287 g/mol. The molecule has 1 nitrogen and oxygen atoms in total. The number of anilines is 3. The van der Waals surface area contributed by atoms with Gasteiger partial charge in [-0.1, -0.05) is 42.0 Å². The van der Waals surface area contributed by atoms with Crippen molar-refractivity contribution < 1.29 is 0 Å². The molecule has 0 atom stereocenters. The van der Waals surface area contributed by atoms with Gasteiger partial charge in [-0.3, -0.25) is 0 Å². The maximum absolute atomic E-state index is 2.30. The smallest absolute Gasteiger partial charge is 0.0466 e. The maximum Gasteiger partial charge on any atom is 0.0466 e. The van der Waals surface area contributed by atoms with Gasteiger partial charge in [0, 0.05) is 17.1 Å². The van der Waals surface area contributed by atoms with Gasteiger partial charge in [-0.25, -0.2) is 0 Å². The van der Waals surface area contributed by atoms with E-state index in [1.165, 1.54) is 33.8 Å². The Hall–Kier alpha value is -2.54. The standard InChI is InChI=1S/C21H21N/c1-16-9-11-20(12-10-16)22(19-7-5-4-6-8-19)21-14-17(2)13-18(3)15-21/h4-15H,1-3H3. The van der Waals surface area contributed by atoms with Gasteiger partial charge >= 0.3 is 0 Å². The van der Waals surface area contributed by atoms with Gasteiger partial charge in [0.15, 0.2) is 0 Å². The zero-order chi connectivity index (χ0) is 15.5. The van der Waals surface area contributed by atoms with Gasteiger partial charge in [-0.15, -0.1) is 0 Å². The second-order valence-corrected chi connectivity index (χ2v) is 5.85. The van der Waals surface area contributed by atoms with Gasteiger partial charge in [0.25, 0.3) is 0 Å². The van der Waals surface area contributed by atoms with E-state index in [1.807, 2.05) is 0 Å². The van der Waals surface area contributed by atoms with Crippen LogP contribution in [0.3, 0.4) is 0 Å². The van der Waals surface area contributed by atoms with Crippen molar-refractivity contribution in [1.82, 2.24) is 0 Å². The van der Waals surface area contributed by atoms with Crippen molar-refractivity contribution in [2.24, 2.45) is 0 Å². The van der Waals surface area contributed by atoms with Crippen LogP contribution in [0.1, 0.15) is 16.7 Å². The van der Waals surface area contributed by atoms with Crippen molar-refractivity contribution in [3.05, 3.63) is 89.5 Å². The molecule has 0 aliphatic heterocycles. The lowest BCUT2D eigenvalue weighted by Crippen LogP contribution is -2.10. The summed E-state index contributed by atoms with van der Waals surface area (Å²) >= 11 is 0. The Morgan fingerprint density at radius 3 is 1.64 bits per heavy atom. The summed E-state index contributed by atoms with van der Waals surface area (Å²) in [7, 11) is 0. The van der Waals surface area contributed by atoms with Gasteiger partial charge < -0.3 is 4.90 Å². The molecule has 22 heavy (non-hydrogen) atoms. The van der Waals surface area contributed by atoms with Gasteiger partial charge in [0.05, 0.1) is 0 Å². The van der Waals surface area contributed by atoms with Gasteiger partial charge in [-0.05, 0) is 68.3 Å². The lowest BCUT2D eigenvalue weighted by molar-refractivity contribution is 1.25. The number of nitrogens with zero attached hydrogens (tertiary/aromatic N) is 1. The third kappa shape index (κ3) is 3.04. The summed E-state index contributed by atoms with van der Waals surface area (Å²) in [5, 5.41) is 0. The van der Waals surface area contributed by atoms with Crippen LogP contribution in [0.25, 0.3) is 0 Å². The predicted molar refractivity (Wildman–Crippen MR) is 95.3 cm³/mol. The van der Waals surface area contributed by atoms with Crippen molar-refractivity contribution in [2.75, 3.05) is 4.90 Å². The van der Waals surface area contributed by atoms with Crippen LogP contribution >= 0.6 is 0 Å². The largest absolute Gasteiger partial charge is 0.310 e. The van der Waals surface area contributed by atoms with E-state index in [2.05, 4.69) is 98.5 Å². The molecular formula is C21H21N. The molecule has 110 valence electrons. The second-order valence-electron chi connectivity index (χ2n) is 5.85. The van der Waals surface area contributed by atoms with E-state index in [1.54, 1.807) is 0 Å². The van der Waals surface area contributed by atoms with E-state index in [4.69, 9.17) is 0 Å². The normalized spacial score (nSPS) is 10.5. The zero-order valence-electron chi connectivity index (χ0n) is 13.4. The van der Waals surface area contributed by atoms with Crippen molar-refractivity contribution in [3.8, 4) is 0 Å². The minimum atomic E-state index is 1.18. The van der Waals surface area contributed by atoms with Gasteiger partial charge in [-0.2, -0.15) is 0 Å². The fourth-order valence-corrected chi connectivity index (χ4v) is 2.80. The number of benzene rings is 3. The van der Waals surface area contributed by atoms with Crippen molar-refractivity contribution >= 4 is 17.1 Å². The summed E-state index contributed by atoms with van der Waals surface area (Å²) in [6.45, 7) is 6.41. The predicted octanol–water partition coefficient (Wildman–Crippen LogP) is 6.08. The number of hydrogen-bond donors (Lipinski definition) is 0. The van der Waals surface area contributed by atoms with Crippen LogP contribution < -0.4 is 4.90 Å². The summed E-state index contributed by atoms with van der Waals surface area (Å²) < 4.78 is 0. The lowest BCUT2D eigenvalue weighted by Gasteiger charge is -2.26. The van der Waals surface area contributed by atoms with E-state index in [0.29, 0.717) is 0 Å². The second kappa shape index (κ2) is 6.07. The molecule has 0 unspecified atom stereocenters. The lowest BCUT2D eigenvalue weighted by atomic mass is 10.1. The number of para-hydroxylation sites is 1. The highest BCUT2D eigenvalue weighted by molar-refractivity contribution is 5.77. The summed E-state index contributed by atoms with van der Waals surface area (Å²) in [6, 6.07) is 25.9. The van der Waals surface area contributed by atoms with Crippen LogP contribution in [0.5, 0.6) is 0 Å². The molecule has 0 heterocycles. The molecule has 3 aromatic rings. The molecule has 0 spiro atoms. The fourth-order valence-electron chi connectivity index (χ4n) is 2.80. The Bertz CT molecular complexity index is 737. The topological polar surface area (TPSA) is 3.24 Å². The van der Waals surface area contributed by atoms with Gasteiger partial charge in [0.2, 0.25) is 0 Å². The average molecular weight is 287 g/mol. The maximum atomic E-state index is 2.30. The molecular weight excluding hydrogens is 266 g/mol. The molecule has 0 saturated carbocycles. The Balaban J connectivity index is 2.16. The third-order valence-electron chi connectivity index (χ3n) is 3.77. The molecule has 0 amide bonds. The quantitative estimate of drug-likeness (QED) is 0.564. The van der Waals surface area contributed by atoms with E-state index < -0.39 is 0 Å². The first-order valence-corrected chi connectivity index (χ1v) is 7.63. The first-order valence-electron chi connectivity index (χ1n) is 7.63. The van der Waals surface area contributed by atoms with Crippen LogP contribution in [-0.2, 0) is 0 Å². The Morgan fingerprint density at radius 1 is 0.500 bits per heavy atom. The van der Waals surface area contributed by atoms with Crippen molar-refractivity contribution in [3.63, 3.8) is 0 Å². The minimum absolute atomic E-state index is 1.18. The average Bonchev–Trinajstić information content (AvgIpc) is 2.50. The molecule has 3 aromatic carbocycles. The van der Waals surface area contributed by atoms with Crippen LogP contribution in [0, 0.1) is 20.8 Å². The Kier molecular flexibility index (Phi) is 3.97. The molecule has 0 fully saturated rings. The minimum Gasteiger partial charge on any atom is -0.310 e. The van der Waals surface area contributed by atoms with Crippen LogP contribution in [0.2, 0.25) is 0 Å². The molecule has 0 radical (unpaired) electrons. The highest BCUT2D eigenvalue weighted by Gasteiger charge is 2.12. The first kappa shape index (κ1) is 14.4. The van der Waals surface area contributed by atoms with E-state index in [0.717, 1.165) is 0 Å². The molecule has 0 N–H and O–H groups in total. The van der Waals surface area contributed by atoms with Crippen LogP contribution in [0.4, 0.5) is 17.1 Å². The van der Waals surface area contributed by atoms with Crippen LogP contribution in [0.15, 0.2) is 72.8 Å². The third-order valence-corrected chi connectivity index (χ3v) is 3.77. The highest BCUT2D eigenvalue weighted by atomic mass is 15.1. The molecule has 0 aliphatic carbocycles.